The Kier molecular flexibility index (Phi) is 5.47. The van der Waals surface area contributed by atoms with Gasteiger partial charge in [0.15, 0.2) is 0 Å². The van der Waals surface area contributed by atoms with Crippen molar-refractivity contribution in [3.05, 3.63) is 57.3 Å². The Hall–Kier alpha value is -2.14. The van der Waals surface area contributed by atoms with Crippen LogP contribution in [-0.4, -0.2) is 42.3 Å². The summed E-state index contributed by atoms with van der Waals surface area (Å²) in [6.45, 7) is 5.42. The Morgan fingerprint density at radius 2 is 1.81 bits per heavy atom. The van der Waals surface area contributed by atoms with Gasteiger partial charge in [0.25, 0.3) is 5.91 Å². The second-order valence-electron chi connectivity index (χ2n) is 7.15. The summed E-state index contributed by atoms with van der Waals surface area (Å²) < 4.78 is 0. The van der Waals surface area contributed by atoms with Crippen molar-refractivity contribution < 1.29 is 9.59 Å². The average Bonchev–Trinajstić information content (AvgIpc) is 3.32. The number of benzene rings is 1. The van der Waals surface area contributed by atoms with Gasteiger partial charge in [0.1, 0.15) is 0 Å². The van der Waals surface area contributed by atoms with E-state index in [0.717, 1.165) is 12.0 Å². The molecule has 0 aliphatic heterocycles. The lowest BCUT2D eigenvalue weighted by molar-refractivity contribution is -0.133. The number of nitrogens with zero attached hydrogens (tertiary/aromatic N) is 2. The summed E-state index contributed by atoms with van der Waals surface area (Å²) in [5.41, 5.74) is 1.73. The zero-order valence-electron chi connectivity index (χ0n) is 15.9. The second kappa shape index (κ2) is 7.62. The van der Waals surface area contributed by atoms with Gasteiger partial charge in [-0.15, -0.1) is 11.3 Å². The molecule has 3 rings (SSSR count). The maximum Gasteiger partial charge on any atom is 0.253 e. The minimum absolute atomic E-state index is 0.00737. The lowest BCUT2D eigenvalue weighted by Gasteiger charge is -2.21. The van der Waals surface area contributed by atoms with Gasteiger partial charge in [-0.2, -0.15) is 0 Å². The smallest absolute Gasteiger partial charge is 0.253 e. The van der Waals surface area contributed by atoms with E-state index in [1.54, 1.807) is 30.3 Å². The molecule has 0 radical (unpaired) electrons. The topological polar surface area (TPSA) is 40.6 Å². The van der Waals surface area contributed by atoms with Crippen molar-refractivity contribution in [2.24, 2.45) is 5.92 Å². The summed E-state index contributed by atoms with van der Waals surface area (Å²) in [5.74, 6) is 0.766. The standard InChI is InChI=1S/C21H26N2O2S/c1-5-23(13-15-7-9-16(10-8-15)20(24)22(3)4)21(25)18-12-17(18)19-11-6-14(2)26-19/h6-11,17-18H,5,12-13H2,1-4H3. The van der Waals surface area contributed by atoms with Crippen molar-refractivity contribution >= 4 is 23.2 Å². The van der Waals surface area contributed by atoms with E-state index in [9.17, 15) is 9.59 Å². The third-order valence-corrected chi connectivity index (χ3v) is 6.04. The SMILES string of the molecule is CCN(Cc1ccc(C(=O)N(C)C)cc1)C(=O)C1CC1c1ccc(C)s1. The normalized spacial score (nSPS) is 18.5. The van der Waals surface area contributed by atoms with Gasteiger partial charge in [-0.05, 0) is 50.1 Å². The van der Waals surface area contributed by atoms with Crippen molar-refractivity contribution in [3.63, 3.8) is 0 Å². The number of hydrogen-bond acceptors (Lipinski definition) is 3. The number of rotatable bonds is 6. The number of thiophene rings is 1. The molecule has 0 saturated heterocycles. The second-order valence-corrected chi connectivity index (χ2v) is 8.47. The first-order chi connectivity index (χ1) is 12.4. The lowest BCUT2D eigenvalue weighted by Crippen LogP contribution is -2.32. The zero-order chi connectivity index (χ0) is 18.8. The van der Waals surface area contributed by atoms with Crippen LogP contribution in [0.4, 0.5) is 0 Å². The molecule has 1 aliphatic carbocycles. The highest BCUT2D eigenvalue weighted by Crippen LogP contribution is 2.50. The molecule has 0 N–H and O–H groups in total. The molecule has 1 heterocycles. The number of carbonyl (C=O) groups excluding carboxylic acids is 2. The highest BCUT2D eigenvalue weighted by atomic mass is 32.1. The average molecular weight is 371 g/mol. The summed E-state index contributed by atoms with van der Waals surface area (Å²) in [6, 6.07) is 11.9. The van der Waals surface area contributed by atoms with Gasteiger partial charge >= 0.3 is 0 Å². The van der Waals surface area contributed by atoms with Crippen LogP contribution in [0.25, 0.3) is 0 Å². The number of carbonyl (C=O) groups is 2. The van der Waals surface area contributed by atoms with E-state index in [2.05, 4.69) is 19.1 Å². The van der Waals surface area contributed by atoms with Crippen LogP contribution in [0.2, 0.25) is 0 Å². The van der Waals surface area contributed by atoms with Crippen LogP contribution < -0.4 is 0 Å². The number of amides is 2. The van der Waals surface area contributed by atoms with Crippen LogP contribution in [0.5, 0.6) is 0 Å². The lowest BCUT2D eigenvalue weighted by atomic mass is 10.1. The fourth-order valence-corrected chi connectivity index (χ4v) is 4.30. The van der Waals surface area contributed by atoms with E-state index < -0.39 is 0 Å². The molecule has 5 heteroatoms. The molecule has 1 aromatic carbocycles. The largest absolute Gasteiger partial charge is 0.345 e. The molecule has 26 heavy (non-hydrogen) atoms. The Balaban J connectivity index is 1.62. The number of hydrogen-bond donors (Lipinski definition) is 0. The third-order valence-electron chi connectivity index (χ3n) is 4.91. The molecule has 1 fully saturated rings. The Morgan fingerprint density at radius 1 is 1.12 bits per heavy atom. The predicted molar refractivity (Wildman–Crippen MR) is 105 cm³/mol. The van der Waals surface area contributed by atoms with E-state index in [4.69, 9.17) is 0 Å². The van der Waals surface area contributed by atoms with Crippen molar-refractivity contribution in [1.29, 1.82) is 0 Å². The van der Waals surface area contributed by atoms with Gasteiger partial charge in [0.2, 0.25) is 5.91 Å². The minimum Gasteiger partial charge on any atom is -0.345 e. The molecule has 0 bridgehead atoms. The molecule has 2 unspecified atom stereocenters. The van der Waals surface area contributed by atoms with Crippen molar-refractivity contribution in [2.45, 2.75) is 32.7 Å². The summed E-state index contributed by atoms with van der Waals surface area (Å²) in [6.07, 6.45) is 0.964. The quantitative estimate of drug-likeness (QED) is 0.773. The molecule has 138 valence electrons. The van der Waals surface area contributed by atoms with Crippen LogP contribution in [0.3, 0.4) is 0 Å². The van der Waals surface area contributed by atoms with Gasteiger partial charge in [0.05, 0.1) is 0 Å². The van der Waals surface area contributed by atoms with E-state index in [0.29, 0.717) is 24.6 Å². The minimum atomic E-state index is -0.00737. The van der Waals surface area contributed by atoms with Crippen molar-refractivity contribution in [3.8, 4) is 0 Å². The molecule has 1 saturated carbocycles. The van der Waals surface area contributed by atoms with Crippen LogP contribution >= 0.6 is 11.3 Å². The molecular formula is C21H26N2O2S. The summed E-state index contributed by atoms with van der Waals surface area (Å²) >= 11 is 1.80. The molecule has 2 aromatic rings. The fraction of sp³-hybridized carbons (Fsp3) is 0.429. The Labute approximate surface area is 159 Å². The van der Waals surface area contributed by atoms with E-state index in [-0.39, 0.29) is 17.7 Å². The van der Waals surface area contributed by atoms with Crippen molar-refractivity contribution in [2.75, 3.05) is 20.6 Å². The fourth-order valence-electron chi connectivity index (χ4n) is 3.25. The summed E-state index contributed by atoms with van der Waals surface area (Å²) in [7, 11) is 3.49. The highest BCUT2D eigenvalue weighted by Gasteiger charge is 2.46. The van der Waals surface area contributed by atoms with Crippen LogP contribution in [0.1, 0.15) is 44.9 Å². The molecule has 2 amide bonds. The van der Waals surface area contributed by atoms with Gasteiger partial charge < -0.3 is 9.80 Å². The summed E-state index contributed by atoms with van der Waals surface area (Å²) in [5, 5.41) is 0. The maximum absolute atomic E-state index is 12.9. The Bertz CT molecular complexity index is 795. The molecular weight excluding hydrogens is 344 g/mol. The first-order valence-electron chi connectivity index (χ1n) is 9.06. The maximum atomic E-state index is 12.9. The van der Waals surface area contributed by atoms with Crippen LogP contribution in [0.15, 0.2) is 36.4 Å². The van der Waals surface area contributed by atoms with Crippen LogP contribution in [-0.2, 0) is 11.3 Å². The highest BCUT2D eigenvalue weighted by molar-refractivity contribution is 7.12. The van der Waals surface area contributed by atoms with Gasteiger partial charge in [-0.3, -0.25) is 9.59 Å². The molecule has 1 aliphatic rings. The predicted octanol–water partition coefficient (Wildman–Crippen LogP) is 3.91. The van der Waals surface area contributed by atoms with Crippen LogP contribution in [0, 0.1) is 12.8 Å². The van der Waals surface area contributed by atoms with E-state index >= 15 is 0 Å². The summed E-state index contributed by atoms with van der Waals surface area (Å²) in [4.78, 5) is 31.0. The van der Waals surface area contributed by atoms with Crippen molar-refractivity contribution in [1.82, 2.24) is 9.80 Å². The Morgan fingerprint density at radius 3 is 2.35 bits per heavy atom. The van der Waals surface area contributed by atoms with Gasteiger partial charge in [-0.25, -0.2) is 0 Å². The number of aryl methyl sites for hydroxylation is 1. The van der Waals surface area contributed by atoms with Gasteiger partial charge in [0, 0.05) is 54.3 Å². The molecule has 2 atom stereocenters. The first-order valence-corrected chi connectivity index (χ1v) is 9.88. The zero-order valence-corrected chi connectivity index (χ0v) is 16.7. The van der Waals surface area contributed by atoms with E-state index in [1.807, 2.05) is 36.1 Å². The first kappa shape index (κ1) is 18.6. The molecule has 4 nitrogen and oxygen atoms in total. The molecule has 1 aromatic heterocycles. The third kappa shape index (κ3) is 3.98. The molecule has 0 spiro atoms. The van der Waals surface area contributed by atoms with Gasteiger partial charge in [-0.1, -0.05) is 12.1 Å². The monoisotopic (exact) mass is 370 g/mol. The van der Waals surface area contributed by atoms with E-state index in [1.165, 1.54) is 9.75 Å².